The van der Waals surface area contributed by atoms with Gasteiger partial charge in [-0.15, -0.1) is 0 Å². The van der Waals surface area contributed by atoms with Gasteiger partial charge in [0.25, 0.3) is 5.91 Å². The number of carbonyl (C=O) groups excluding carboxylic acids is 2. The Kier molecular flexibility index (Phi) is 7.07. The minimum absolute atomic E-state index is 0.0655. The van der Waals surface area contributed by atoms with Gasteiger partial charge in [0.15, 0.2) is 0 Å². The third-order valence-electron chi connectivity index (χ3n) is 7.02. The summed E-state index contributed by atoms with van der Waals surface area (Å²) >= 11 is 0. The van der Waals surface area contributed by atoms with Crippen LogP contribution in [0, 0.1) is 0 Å². The van der Waals surface area contributed by atoms with Crippen molar-refractivity contribution in [2.75, 3.05) is 0 Å². The second-order valence-electron chi connectivity index (χ2n) is 9.79. The average molecular weight is 488 g/mol. The highest BCUT2D eigenvalue weighted by atomic mass is 16.6. The number of fused-ring (bicyclic) bond motifs is 1. The van der Waals surface area contributed by atoms with Gasteiger partial charge in [-0.25, -0.2) is 4.79 Å². The lowest BCUT2D eigenvalue weighted by molar-refractivity contribution is 0.0642. The number of aromatic nitrogens is 2. The van der Waals surface area contributed by atoms with E-state index in [1.807, 2.05) is 61.5 Å². The average Bonchev–Trinajstić information content (AvgIpc) is 3.65. The number of carbonyl (C=O) groups is 2. The van der Waals surface area contributed by atoms with Crippen molar-refractivity contribution >= 4 is 12.0 Å². The number of hydrogen-bond donors (Lipinski definition) is 0. The predicted molar refractivity (Wildman–Crippen MR) is 136 cm³/mol. The molecule has 1 heterocycles. The first kappa shape index (κ1) is 24.1. The Bertz CT molecular complexity index is 1200. The van der Waals surface area contributed by atoms with Crippen molar-refractivity contribution in [2.45, 2.75) is 77.2 Å². The molecule has 2 aliphatic rings. The molecular formula is C29H33N3O4. The van der Waals surface area contributed by atoms with E-state index < -0.39 is 6.09 Å². The molecule has 0 saturated heterocycles. The van der Waals surface area contributed by atoms with Crippen LogP contribution in [0.2, 0.25) is 0 Å². The fraction of sp³-hybridized carbons (Fsp3) is 0.414. The van der Waals surface area contributed by atoms with Crippen LogP contribution in [0.4, 0.5) is 4.79 Å². The van der Waals surface area contributed by atoms with Crippen molar-refractivity contribution in [2.24, 2.45) is 0 Å². The van der Waals surface area contributed by atoms with Gasteiger partial charge < -0.3 is 14.4 Å². The number of amides is 1. The van der Waals surface area contributed by atoms with E-state index in [1.165, 1.54) is 4.68 Å². The minimum atomic E-state index is -0.486. The van der Waals surface area contributed by atoms with Crippen molar-refractivity contribution in [3.05, 3.63) is 83.2 Å². The van der Waals surface area contributed by atoms with Crippen molar-refractivity contribution in [1.82, 2.24) is 14.7 Å². The van der Waals surface area contributed by atoms with E-state index >= 15 is 0 Å². The van der Waals surface area contributed by atoms with Crippen LogP contribution in [-0.4, -0.2) is 44.9 Å². The Balaban J connectivity index is 1.25. The fourth-order valence-corrected chi connectivity index (χ4v) is 4.73. The van der Waals surface area contributed by atoms with E-state index in [0.29, 0.717) is 12.0 Å². The third-order valence-corrected chi connectivity index (χ3v) is 7.02. The van der Waals surface area contributed by atoms with Gasteiger partial charge in [-0.3, -0.25) is 4.79 Å². The zero-order valence-corrected chi connectivity index (χ0v) is 20.9. The van der Waals surface area contributed by atoms with Crippen molar-refractivity contribution in [3.63, 3.8) is 0 Å². The molecule has 7 heteroatoms. The number of aryl methyl sites for hydroxylation is 1. The van der Waals surface area contributed by atoms with E-state index in [9.17, 15) is 9.59 Å². The lowest BCUT2D eigenvalue weighted by Gasteiger charge is -2.34. The predicted octanol–water partition coefficient (Wildman–Crippen LogP) is 5.41. The van der Waals surface area contributed by atoms with Crippen LogP contribution >= 0.6 is 0 Å². The maximum atomic E-state index is 13.6. The molecule has 3 aromatic rings. The van der Waals surface area contributed by atoms with Gasteiger partial charge in [-0.1, -0.05) is 37.3 Å². The van der Waals surface area contributed by atoms with Crippen LogP contribution < -0.4 is 4.74 Å². The highest BCUT2D eigenvalue weighted by Gasteiger charge is 2.39. The largest absolute Gasteiger partial charge is 0.491 e. The number of hydrogen-bond acceptors (Lipinski definition) is 5. The summed E-state index contributed by atoms with van der Waals surface area (Å²) in [6.45, 7) is 4.33. The zero-order valence-electron chi connectivity index (χ0n) is 20.9. The van der Waals surface area contributed by atoms with Gasteiger partial charge in [0.2, 0.25) is 0 Å². The van der Waals surface area contributed by atoms with Gasteiger partial charge in [-0.05, 0) is 80.8 Å². The first-order valence-corrected chi connectivity index (χ1v) is 12.9. The standard InChI is InChI=1S/C29H33N3O4/c1-3-20(2)36-26-14-9-22(10-15-26)28(33)32(24-11-12-24)25-13-16-27-23(17-25)18-31(30-27)29(34)35-19-21-7-5-4-6-8-21/h4-10,14-15,18,20,24-25H,3,11-13,16-17,19H2,1-2H3. The van der Waals surface area contributed by atoms with Crippen LogP contribution in [0.5, 0.6) is 5.75 Å². The van der Waals surface area contributed by atoms with E-state index in [-0.39, 0.29) is 30.7 Å². The van der Waals surface area contributed by atoms with Gasteiger partial charge in [0.05, 0.1) is 11.8 Å². The third kappa shape index (κ3) is 5.45. The topological polar surface area (TPSA) is 73.7 Å². The summed E-state index contributed by atoms with van der Waals surface area (Å²) in [5, 5.41) is 4.49. The van der Waals surface area contributed by atoms with Crippen LogP contribution in [-0.2, 0) is 24.2 Å². The maximum Gasteiger partial charge on any atom is 0.435 e. The Morgan fingerprint density at radius 1 is 1.06 bits per heavy atom. The molecule has 0 aliphatic heterocycles. The first-order chi connectivity index (χ1) is 17.5. The summed E-state index contributed by atoms with van der Waals surface area (Å²) in [5.74, 6) is 0.850. The van der Waals surface area contributed by atoms with Gasteiger partial charge in [0.1, 0.15) is 12.4 Å². The molecule has 2 atom stereocenters. The molecule has 0 spiro atoms. The second kappa shape index (κ2) is 10.6. The van der Waals surface area contributed by atoms with Gasteiger partial charge >= 0.3 is 6.09 Å². The molecule has 1 aromatic heterocycles. The Labute approximate surface area is 212 Å². The number of ether oxygens (including phenoxy) is 2. The number of nitrogens with zero attached hydrogens (tertiary/aromatic N) is 3. The quantitative estimate of drug-likeness (QED) is 0.425. The van der Waals surface area contributed by atoms with Crippen LogP contribution in [0.25, 0.3) is 0 Å². The molecule has 2 unspecified atom stereocenters. The lowest BCUT2D eigenvalue weighted by Crippen LogP contribution is -2.44. The highest BCUT2D eigenvalue weighted by molar-refractivity contribution is 5.95. The molecule has 36 heavy (non-hydrogen) atoms. The molecule has 0 radical (unpaired) electrons. The summed E-state index contributed by atoms with van der Waals surface area (Å²) in [6, 6.07) is 17.5. The summed E-state index contributed by atoms with van der Waals surface area (Å²) in [5.41, 5.74) is 3.54. The fourth-order valence-electron chi connectivity index (χ4n) is 4.73. The van der Waals surface area contributed by atoms with E-state index in [2.05, 4.69) is 16.9 Å². The summed E-state index contributed by atoms with van der Waals surface area (Å²) in [7, 11) is 0. The van der Waals surface area contributed by atoms with Gasteiger partial charge in [0, 0.05) is 23.8 Å². The molecule has 1 saturated carbocycles. The van der Waals surface area contributed by atoms with Crippen LogP contribution in [0.1, 0.15) is 66.7 Å². The van der Waals surface area contributed by atoms with E-state index in [4.69, 9.17) is 9.47 Å². The summed E-state index contributed by atoms with van der Waals surface area (Å²) < 4.78 is 12.6. The maximum absolute atomic E-state index is 13.6. The molecule has 2 aromatic carbocycles. The molecular weight excluding hydrogens is 454 g/mol. The normalized spacial score (nSPS) is 17.7. The number of rotatable bonds is 8. The van der Waals surface area contributed by atoms with Crippen molar-refractivity contribution in [3.8, 4) is 5.75 Å². The summed E-state index contributed by atoms with van der Waals surface area (Å²) in [4.78, 5) is 28.2. The minimum Gasteiger partial charge on any atom is -0.491 e. The SMILES string of the molecule is CCC(C)Oc1ccc(C(=O)N(C2CC2)C2CCc3nn(C(=O)OCc4ccccc4)cc3C2)cc1. The Morgan fingerprint density at radius 3 is 2.50 bits per heavy atom. The summed E-state index contributed by atoms with van der Waals surface area (Å²) in [6.07, 6.45) is 6.69. The highest BCUT2D eigenvalue weighted by Crippen LogP contribution is 2.35. The molecule has 1 amide bonds. The molecule has 188 valence electrons. The first-order valence-electron chi connectivity index (χ1n) is 12.9. The Hall–Kier alpha value is -3.61. The van der Waals surface area contributed by atoms with Crippen molar-refractivity contribution in [1.29, 1.82) is 0 Å². The second-order valence-corrected chi connectivity index (χ2v) is 9.79. The molecule has 5 rings (SSSR count). The number of benzene rings is 2. The van der Waals surface area contributed by atoms with Crippen LogP contribution in [0.3, 0.4) is 0 Å². The molecule has 2 aliphatic carbocycles. The lowest BCUT2D eigenvalue weighted by atomic mass is 9.91. The molecule has 7 nitrogen and oxygen atoms in total. The molecule has 1 fully saturated rings. The van der Waals surface area contributed by atoms with Crippen molar-refractivity contribution < 1.29 is 19.1 Å². The van der Waals surface area contributed by atoms with E-state index in [1.54, 1.807) is 6.20 Å². The Morgan fingerprint density at radius 2 is 1.81 bits per heavy atom. The monoisotopic (exact) mass is 487 g/mol. The molecule has 0 N–H and O–H groups in total. The van der Waals surface area contributed by atoms with E-state index in [0.717, 1.165) is 54.7 Å². The van der Waals surface area contributed by atoms with Crippen LogP contribution in [0.15, 0.2) is 60.8 Å². The van der Waals surface area contributed by atoms with Gasteiger partial charge in [-0.2, -0.15) is 9.78 Å². The molecule has 0 bridgehead atoms. The zero-order chi connectivity index (χ0) is 25.1. The smallest absolute Gasteiger partial charge is 0.435 e.